The fourth-order valence-corrected chi connectivity index (χ4v) is 4.79. The average molecular weight is 398 g/mol. The van der Waals surface area contributed by atoms with Gasteiger partial charge in [0.05, 0.1) is 5.75 Å². The van der Waals surface area contributed by atoms with Crippen molar-refractivity contribution in [1.82, 2.24) is 14.7 Å². The number of piperidine rings is 1. The molecule has 4 nitrogen and oxygen atoms in total. The van der Waals surface area contributed by atoms with E-state index in [0.717, 1.165) is 38.3 Å². The van der Waals surface area contributed by atoms with Crippen molar-refractivity contribution >= 4 is 17.7 Å². The van der Waals surface area contributed by atoms with E-state index in [9.17, 15) is 13.6 Å². The van der Waals surface area contributed by atoms with Crippen molar-refractivity contribution in [2.75, 3.05) is 51.6 Å². The normalized spacial score (nSPS) is 20.2. The molecule has 0 radical (unpaired) electrons. The van der Waals surface area contributed by atoms with Crippen LogP contribution >= 0.6 is 11.8 Å². The van der Waals surface area contributed by atoms with Gasteiger partial charge in [-0.3, -0.25) is 9.69 Å². The lowest BCUT2D eigenvalue weighted by atomic mass is 10.0. The summed E-state index contributed by atoms with van der Waals surface area (Å²) in [4.78, 5) is 20.0. The number of amides is 1. The smallest absolute Gasteiger partial charge is 0.233 e. The SMILES string of the molecule is CCCN1CCC(N2CCN(C(=O)CSc3ccc(F)c(F)c3)CC2)CC1. The van der Waals surface area contributed by atoms with Gasteiger partial charge in [0.25, 0.3) is 0 Å². The third-order valence-electron chi connectivity index (χ3n) is 5.53. The summed E-state index contributed by atoms with van der Waals surface area (Å²) in [5, 5.41) is 0. The van der Waals surface area contributed by atoms with Crippen LogP contribution in [0.5, 0.6) is 0 Å². The van der Waals surface area contributed by atoms with E-state index in [0.29, 0.717) is 10.9 Å². The lowest BCUT2D eigenvalue weighted by Crippen LogP contribution is -2.54. The molecule has 2 saturated heterocycles. The Morgan fingerprint density at radius 1 is 1.07 bits per heavy atom. The molecule has 0 N–H and O–H groups in total. The van der Waals surface area contributed by atoms with Crippen molar-refractivity contribution in [2.45, 2.75) is 37.1 Å². The fraction of sp³-hybridized carbons (Fsp3) is 0.650. The second-order valence-corrected chi connectivity index (χ2v) is 8.40. The number of benzene rings is 1. The van der Waals surface area contributed by atoms with E-state index in [1.807, 2.05) is 4.90 Å². The lowest BCUT2D eigenvalue weighted by molar-refractivity contribution is -0.130. The Kier molecular flexibility index (Phi) is 7.49. The topological polar surface area (TPSA) is 26.8 Å². The standard InChI is InChI=1S/C20H29F2N3OS/c1-2-7-23-8-5-16(6-9-23)24-10-12-25(13-11-24)20(26)15-27-17-3-4-18(21)19(22)14-17/h3-4,14,16H,2,5-13,15H2,1H3. The number of halogens is 2. The maximum Gasteiger partial charge on any atom is 0.233 e. The molecule has 0 unspecified atom stereocenters. The fourth-order valence-electron chi connectivity index (χ4n) is 3.96. The third-order valence-corrected chi connectivity index (χ3v) is 6.51. The minimum Gasteiger partial charge on any atom is -0.339 e. The van der Waals surface area contributed by atoms with Gasteiger partial charge >= 0.3 is 0 Å². The van der Waals surface area contributed by atoms with E-state index in [-0.39, 0.29) is 11.7 Å². The summed E-state index contributed by atoms with van der Waals surface area (Å²) in [5.74, 6) is -1.39. The van der Waals surface area contributed by atoms with Crippen molar-refractivity contribution in [1.29, 1.82) is 0 Å². The zero-order valence-electron chi connectivity index (χ0n) is 16.0. The van der Waals surface area contributed by atoms with Gasteiger partial charge in [-0.1, -0.05) is 6.92 Å². The highest BCUT2D eigenvalue weighted by Crippen LogP contribution is 2.22. The van der Waals surface area contributed by atoms with Gasteiger partial charge in [-0.15, -0.1) is 11.8 Å². The monoisotopic (exact) mass is 397 g/mol. The first-order chi connectivity index (χ1) is 13.1. The maximum atomic E-state index is 13.3. The van der Waals surface area contributed by atoms with Gasteiger partial charge in [0.1, 0.15) is 0 Å². The number of nitrogens with zero attached hydrogens (tertiary/aromatic N) is 3. The summed E-state index contributed by atoms with van der Waals surface area (Å²) in [5.41, 5.74) is 0. The Labute approximate surface area is 164 Å². The second-order valence-electron chi connectivity index (χ2n) is 7.35. The van der Waals surface area contributed by atoms with Crippen LogP contribution in [0, 0.1) is 11.6 Å². The number of hydrogen-bond donors (Lipinski definition) is 0. The molecule has 0 saturated carbocycles. The highest BCUT2D eigenvalue weighted by Gasteiger charge is 2.28. The van der Waals surface area contributed by atoms with Gasteiger partial charge < -0.3 is 9.80 Å². The number of carbonyl (C=O) groups is 1. The molecule has 2 aliphatic heterocycles. The number of rotatable bonds is 6. The number of carbonyl (C=O) groups excluding carboxylic acids is 1. The number of hydrogen-bond acceptors (Lipinski definition) is 4. The molecule has 7 heteroatoms. The molecule has 1 amide bonds. The van der Waals surface area contributed by atoms with Crippen molar-refractivity contribution in [3.63, 3.8) is 0 Å². The molecule has 2 heterocycles. The minimum absolute atomic E-state index is 0.0714. The van der Waals surface area contributed by atoms with Crippen LogP contribution in [-0.4, -0.2) is 78.2 Å². The van der Waals surface area contributed by atoms with Crippen LogP contribution in [0.3, 0.4) is 0 Å². The van der Waals surface area contributed by atoms with Crippen molar-refractivity contribution in [3.05, 3.63) is 29.8 Å². The van der Waals surface area contributed by atoms with Gasteiger partial charge in [-0.05, 0) is 57.1 Å². The van der Waals surface area contributed by atoms with Crippen LogP contribution in [0.4, 0.5) is 8.78 Å². The summed E-state index contributed by atoms with van der Waals surface area (Å²) in [7, 11) is 0. The van der Waals surface area contributed by atoms with Crippen molar-refractivity contribution in [2.24, 2.45) is 0 Å². The molecular weight excluding hydrogens is 368 g/mol. The van der Waals surface area contributed by atoms with Gasteiger partial charge in [0, 0.05) is 37.1 Å². The van der Waals surface area contributed by atoms with Crippen LogP contribution in [0.2, 0.25) is 0 Å². The van der Waals surface area contributed by atoms with E-state index in [4.69, 9.17) is 0 Å². The molecule has 2 fully saturated rings. The van der Waals surface area contributed by atoms with Crippen LogP contribution < -0.4 is 0 Å². The van der Waals surface area contributed by atoms with E-state index in [2.05, 4.69) is 16.7 Å². The number of thioether (sulfide) groups is 1. The quantitative estimate of drug-likeness (QED) is 0.690. The Morgan fingerprint density at radius 3 is 2.41 bits per heavy atom. The maximum absolute atomic E-state index is 13.3. The summed E-state index contributed by atoms with van der Waals surface area (Å²) >= 11 is 1.26. The zero-order chi connectivity index (χ0) is 19.2. The summed E-state index contributed by atoms with van der Waals surface area (Å²) in [6.07, 6.45) is 3.66. The van der Waals surface area contributed by atoms with E-state index < -0.39 is 11.6 Å². The molecule has 1 aromatic carbocycles. The Bertz CT molecular complexity index is 630. The molecule has 2 aliphatic rings. The second kappa shape index (κ2) is 9.85. The Hall–Kier alpha value is -1.18. The van der Waals surface area contributed by atoms with Gasteiger partial charge in [0.2, 0.25) is 5.91 Å². The molecule has 0 spiro atoms. The van der Waals surface area contributed by atoms with Crippen LogP contribution in [-0.2, 0) is 4.79 Å². The molecule has 0 atom stereocenters. The third kappa shape index (κ3) is 5.65. The van der Waals surface area contributed by atoms with E-state index in [1.165, 1.54) is 56.7 Å². The predicted molar refractivity (Wildman–Crippen MR) is 105 cm³/mol. The summed E-state index contributed by atoms with van der Waals surface area (Å²) < 4.78 is 26.2. The Balaban J connectivity index is 1.39. The predicted octanol–water partition coefficient (Wildman–Crippen LogP) is 3.08. The summed E-state index contributed by atoms with van der Waals surface area (Å²) in [6.45, 7) is 9.17. The van der Waals surface area contributed by atoms with Crippen LogP contribution in [0.25, 0.3) is 0 Å². The summed E-state index contributed by atoms with van der Waals surface area (Å²) in [6, 6.07) is 4.41. The lowest BCUT2D eigenvalue weighted by Gasteiger charge is -2.42. The highest BCUT2D eigenvalue weighted by atomic mass is 32.2. The van der Waals surface area contributed by atoms with Crippen LogP contribution in [0.1, 0.15) is 26.2 Å². The van der Waals surface area contributed by atoms with E-state index >= 15 is 0 Å². The van der Waals surface area contributed by atoms with Gasteiger partial charge in [0.15, 0.2) is 11.6 Å². The van der Waals surface area contributed by atoms with E-state index in [1.54, 1.807) is 0 Å². The first-order valence-electron chi connectivity index (χ1n) is 9.89. The van der Waals surface area contributed by atoms with Crippen molar-refractivity contribution in [3.8, 4) is 0 Å². The molecule has 0 aromatic heterocycles. The number of piperazine rings is 1. The largest absolute Gasteiger partial charge is 0.339 e. The zero-order valence-corrected chi connectivity index (χ0v) is 16.8. The van der Waals surface area contributed by atoms with Crippen LogP contribution in [0.15, 0.2) is 23.1 Å². The van der Waals surface area contributed by atoms with Gasteiger partial charge in [-0.2, -0.15) is 0 Å². The average Bonchev–Trinajstić information content (AvgIpc) is 2.70. The highest BCUT2D eigenvalue weighted by molar-refractivity contribution is 8.00. The van der Waals surface area contributed by atoms with Crippen molar-refractivity contribution < 1.29 is 13.6 Å². The van der Waals surface area contributed by atoms with Gasteiger partial charge in [-0.25, -0.2) is 8.78 Å². The number of likely N-dealkylation sites (tertiary alicyclic amines) is 1. The molecule has 0 aliphatic carbocycles. The molecule has 27 heavy (non-hydrogen) atoms. The first-order valence-corrected chi connectivity index (χ1v) is 10.9. The molecule has 0 bridgehead atoms. The first kappa shape index (κ1) is 20.6. The Morgan fingerprint density at radius 2 is 1.78 bits per heavy atom. The molecule has 1 aromatic rings. The molecule has 150 valence electrons. The molecular formula is C20H29F2N3OS. The molecule has 3 rings (SSSR count). The minimum atomic E-state index is -0.869.